The summed E-state index contributed by atoms with van der Waals surface area (Å²) >= 11 is 0. The molecule has 230 valence electrons. The van der Waals surface area contributed by atoms with Gasteiger partial charge in [0.1, 0.15) is 0 Å². The number of guanidine groups is 1. The van der Waals surface area contributed by atoms with Gasteiger partial charge in [0.25, 0.3) is 0 Å². The number of aliphatic imine (C=N–C) groups is 2. The molecule has 4 heterocycles. The van der Waals surface area contributed by atoms with E-state index in [1.54, 1.807) is 0 Å². The van der Waals surface area contributed by atoms with E-state index >= 15 is 0 Å². The second-order valence-electron chi connectivity index (χ2n) is 11.9. The van der Waals surface area contributed by atoms with E-state index in [2.05, 4.69) is 32.3 Å². The molecule has 7 rings (SSSR count). The van der Waals surface area contributed by atoms with Crippen molar-refractivity contribution in [2.75, 3.05) is 35.8 Å². The van der Waals surface area contributed by atoms with Crippen LogP contribution in [0.5, 0.6) is 0 Å². The number of rotatable bonds is 4. The van der Waals surface area contributed by atoms with Crippen molar-refractivity contribution in [2.45, 2.75) is 26.9 Å². The molecule has 3 aromatic heterocycles. The van der Waals surface area contributed by atoms with Crippen LogP contribution < -0.4 is 27.5 Å². The molecule has 46 heavy (non-hydrogen) atoms. The van der Waals surface area contributed by atoms with Crippen LogP contribution in [-0.4, -0.2) is 45.9 Å². The molecule has 0 saturated heterocycles. The molecule has 0 spiro atoms. The fourth-order valence-corrected chi connectivity index (χ4v) is 5.96. The van der Waals surface area contributed by atoms with Gasteiger partial charge in [-0.1, -0.05) is 6.07 Å². The van der Waals surface area contributed by atoms with E-state index in [9.17, 15) is 0 Å². The van der Waals surface area contributed by atoms with Gasteiger partial charge in [-0.05, 0) is 93.1 Å². The predicted molar refractivity (Wildman–Crippen MR) is 189 cm³/mol. The lowest BCUT2D eigenvalue weighted by molar-refractivity contribution is 0.331. The molecule has 1 atom stereocenters. The van der Waals surface area contributed by atoms with Crippen molar-refractivity contribution >= 4 is 67.3 Å². The minimum absolute atomic E-state index is 0.422. The number of fused-ring (bicyclic) bond motifs is 3. The van der Waals surface area contributed by atoms with Gasteiger partial charge in [0, 0.05) is 75.6 Å². The monoisotopic (exact) mass is 609 g/mol. The number of hydrogen-bond acceptors (Lipinski definition) is 11. The van der Waals surface area contributed by atoms with Gasteiger partial charge in [0.05, 0.1) is 16.6 Å². The highest BCUT2D eigenvalue weighted by atomic mass is 15.5. The van der Waals surface area contributed by atoms with Crippen LogP contribution in [0.1, 0.15) is 34.4 Å². The third-order valence-corrected chi connectivity index (χ3v) is 8.14. The van der Waals surface area contributed by atoms with E-state index in [0.29, 0.717) is 23.2 Å². The van der Waals surface area contributed by atoms with Crippen molar-refractivity contribution in [3.8, 4) is 0 Å². The molecule has 1 unspecified atom stereocenters. The SMILES string of the molecule is Cc1cc(N)c2cc(C3=NC(c4ccc5nc(C)cc(N)c5c4)N(N)C(Nc4ccc5nc(C)cc(N(C)C)c5c4)=N3)ccc2n1. The third kappa shape index (κ3) is 5.16. The molecule has 7 N–H and O–H groups in total. The number of aromatic nitrogens is 3. The maximum absolute atomic E-state index is 6.83. The zero-order valence-corrected chi connectivity index (χ0v) is 26.4. The fourth-order valence-electron chi connectivity index (χ4n) is 5.96. The Morgan fingerprint density at radius 2 is 1.28 bits per heavy atom. The number of nitrogens with zero attached hydrogens (tertiary/aromatic N) is 7. The highest BCUT2D eigenvalue weighted by Crippen LogP contribution is 2.32. The number of hydrogen-bond donors (Lipinski definition) is 4. The van der Waals surface area contributed by atoms with Crippen LogP contribution in [-0.2, 0) is 0 Å². The molecule has 0 amide bonds. The average Bonchev–Trinajstić information content (AvgIpc) is 3.01. The highest BCUT2D eigenvalue weighted by molar-refractivity contribution is 6.12. The van der Waals surface area contributed by atoms with E-state index in [0.717, 1.165) is 72.3 Å². The summed E-state index contributed by atoms with van der Waals surface area (Å²) in [6, 6.07) is 23.6. The number of nitrogens with two attached hydrogens (primary N) is 3. The molecule has 0 bridgehead atoms. The predicted octanol–water partition coefficient (Wildman–Crippen LogP) is 5.59. The first kappa shape index (κ1) is 28.9. The lowest BCUT2D eigenvalue weighted by atomic mass is 10.1. The number of aryl methyl sites for hydroxylation is 3. The molecule has 0 fully saturated rings. The van der Waals surface area contributed by atoms with Gasteiger partial charge in [-0.25, -0.2) is 10.8 Å². The maximum atomic E-state index is 6.83. The van der Waals surface area contributed by atoms with Crippen molar-refractivity contribution in [2.24, 2.45) is 15.8 Å². The quantitative estimate of drug-likeness (QED) is 0.187. The molecular weight excluding hydrogens is 574 g/mol. The second kappa shape index (κ2) is 11.0. The molecule has 3 aromatic carbocycles. The van der Waals surface area contributed by atoms with Crippen LogP contribution in [0.15, 0.2) is 82.8 Å². The molecule has 1 aliphatic rings. The van der Waals surface area contributed by atoms with Crippen molar-refractivity contribution in [1.29, 1.82) is 0 Å². The van der Waals surface area contributed by atoms with Crippen molar-refractivity contribution in [3.63, 3.8) is 0 Å². The molecular formula is C35H35N11. The van der Waals surface area contributed by atoms with Gasteiger partial charge in [-0.2, -0.15) is 4.99 Å². The van der Waals surface area contributed by atoms with Crippen molar-refractivity contribution < 1.29 is 0 Å². The maximum Gasteiger partial charge on any atom is 0.222 e. The van der Waals surface area contributed by atoms with Crippen LogP contribution in [0.3, 0.4) is 0 Å². The Hall–Kier alpha value is -5.81. The summed E-state index contributed by atoms with van der Waals surface area (Å²) in [5.41, 5.74) is 22.8. The first-order chi connectivity index (χ1) is 22.0. The number of benzene rings is 3. The highest BCUT2D eigenvalue weighted by Gasteiger charge is 2.28. The normalized spacial score (nSPS) is 14.9. The number of pyridine rings is 3. The largest absolute Gasteiger partial charge is 0.398 e. The van der Waals surface area contributed by atoms with Crippen LogP contribution in [0.4, 0.5) is 22.7 Å². The van der Waals surface area contributed by atoms with Crippen LogP contribution in [0.2, 0.25) is 0 Å². The topological polar surface area (TPSA) is 160 Å². The zero-order valence-electron chi connectivity index (χ0n) is 26.4. The van der Waals surface area contributed by atoms with E-state index < -0.39 is 6.17 Å². The van der Waals surface area contributed by atoms with Crippen LogP contribution in [0.25, 0.3) is 32.7 Å². The first-order valence-corrected chi connectivity index (χ1v) is 14.9. The fraction of sp³-hybridized carbons (Fsp3) is 0.171. The Kier molecular flexibility index (Phi) is 6.90. The van der Waals surface area contributed by atoms with Gasteiger partial charge in [0.2, 0.25) is 5.96 Å². The van der Waals surface area contributed by atoms with E-state index in [1.807, 2.05) is 95.5 Å². The Balaban J connectivity index is 1.36. The molecule has 6 aromatic rings. The standard InChI is InChI=1S/C35H35N11/c1-18-12-27(36)24-15-21(6-9-29(24)39-18)33-43-34(22-7-10-30-25(16-22)28(37)13-19(2)40-30)46(38)35(44-33)42-23-8-11-31-26(17-23)32(45(4)5)14-20(3)41-31/h6-17,34H,38H2,1-5H3,(H2,36,39)(H2,37,40)(H,42,43,44). The van der Waals surface area contributed by atoms with Crippen molar-refractivity contribution in [1.82, 2.24) is 20.0 Å². The van der Waals surface area contributed by atoms with Gasteiger partial charge >= 0.3 is 0 Å². The Bertz CT molecular complexity index is 2250. The van der Waals surface area contributed by atoms with E-state index in [-0.39, 0.29) is 0 Å². The third-order valence-electron chi connectivity index (χ3n) is 8.14. The number of amidine groups is 1. The summed E-state index contributed by atoms with van der Waals surface area (Å²) in [6.07, 6.45) is -0.619. The lowest BCUT2D eigenvalue weighted by Gasteiger charge is -2.32. The number of anilines is 4. The van der Waals surface area contributed by atoms with Crippen molar-refractivity contribution in [3.05, 3.63) is 101 Å². The summed E-state index contributed by atoms with van der Waals surface area (Å²) < 4.78 is 0. The summed E-state index contributed by atoms with van der Waals surface area (Å²) in [7, 11) is 4.05. The molecule has 1 aliphatic heterocycles. The molecule has 0 saturated carbocycles. The van der Waals surface area contributed by atoms with Gasteiger partial charge in [0.15, 0.2) is 12.0 Å². The van der Waals surface area contributed by atoms with Gasteiger partial charge in [-0.15, -0.1) is 0 Å². The molecule has 0 radical (unpaired) electrons. The van der Waals surface area contributed by atoms with Gasteiger partial charge < -0.3 is 21.7 Å². The smallest absolute Gasteiger partial charge is 0.222 e. The Morgan fingerprint density at radius 1 is 0.696 bits per heavy atom. The second-order valence-corrected chi connectivity index (χ2v) is 11.9. The lowest BCUT2D eigenvalue weighted by Crippen LogP contribution is -2.46. The first-order valence-electron chi connectivity index (χ1n) is 14.9. The summed E-state index contributed by atoms with van der Waals surface area (Å²) in [5, 5.41) is 7.67. The average molecular weight is 610 g/mol. The molecule has 11 nitrogen and oxygen atoms in total. The van der Waals surface area contributed by atoms with Crippen LogP contribution in [0, 0.1) is 20.8 Å². The number of nitrogen functional groups attached to an aromatic ring is 2. The summed E-state index contributed by atoms with van der Waals surface area (Å²) in [5.74, 6) is 7.75. The van der Waals surface area contributed by atoms with E-state index in [4.69, 9.17) is 32.3 Å². The number of nitrogens with one attached hydrogen (secondary N) is 1. The summed E-state index contributed by atoms with van der Waals surface area (Å²) in [4.78, 5) is 26.1. The molecule has 0 aliphatic carbocycles. The Morgan fingerprint density at radius 3 is 1.96 bits per heavy atom. The van der Waals surface area contributed by atoms with Crippen LogP contribution >= 0.6 is 0 Å². The van der Waals surface area contributed by atoms with E-state index in [1.165, 1.54) is 5.01 Å². The minimum Gasteiger partial charge on any atom is -0.398 e. The number of hydrazine groups is 1. The summed E-state index contributed by atoms with van der Waals surface area (Å²) in [6.45, 7) is 5.85. The molecule has 11 heteroatoms. The van der Waals surface area contributed by atoms with Gasteiger partial charge in [-0.3, -0.25) is 20.0 Å². The zero-order chi connectivity index (χ0) is 32.3. The Labute approximate surface area is 266 Å². The minimum atomic E-state index is -0.619.